The van der Waals surface area contributed by atoms with Gasteiger partial charge in [0.05, 0.1) is 0 Å². The average molecular weight is 268 g/mol. The first kappa shape index (κ1) is 13.0. The summed E-state index contributed by atoms with van der Waals surface area (Å²) in [6.07, 6.45) is 2.26. The number of rotatable bonds is 2. The Balaban J connectivity index is 1.86. The second-order valence-corrected chi connectivity index (χ2v) is 5.50. The lowest BCUT2D eigenvalue weighted by atomic mass is 10.1. The Morgan fingerprint density at radius 1 is 0.900 bits per heavy atom. The fraction of sp³-hybridized carbons (Fsp3) is 0.353. The minimum absolute atomic E-state index is 0.162. The van der Waals surface area contributed by atoms with E-state index in [0.717, 1.165) is 37.2 Å². The van der Waals surface area contributed by atoms with E-state index in [9.17, 15) is 4.79 Å². The third kappa shape index (κ3) is 2.24. The van der Waals surface area contributed by atoms with Gasteiger partial charge in [0.1, 0.15) is 0 Å². The van der Waals surface area contributed by atoms with Crippen LogP contribution in [0.25, 0.3) is 5.69 Å². The highest BCUT2D eigenvalue weighted by Crippen LogP contribution is 2.18. The molecule has 1 aromatic heterocycles. The number of aryl methyl sites for hydroxylation is 2. The van der Waals surface area contributed by atoms with Crippen LogP contribution in [0, 0.1) is 13.8 Å². The average Bonchev–Trinajstić information content (AvgIpc) is 3.09. The zero-order chi connectivity index (χ0) is 14.1. The predicted octanol–water partition coefficient (Wildman–Crippen LogP) is 3.33. The van der Waals surface area contributed by atoms with E-state index in [0.29, 0.717) is 0 Å². The maximum Gasteiger partial charge on any atom is 0.253 e. The van der Waals surface area contributed by atoms with Crippen LogP contribution in [0.2, 0.25) is 0 Å². The first-order valence-corrected chi connectivity index (χ1v) is 7.21. The molecule has 1 amide bonds. The van der Waals surface area contributed by atoms with Crippen molar-refractivity contribution in [2.24, 2.45) is 0 Å². The van der Waals surface area contributed by atoms with Crippen LogP contribution in [0.1, 0.15) is 34.6 Å². The fourth-order valence-electron chi connectivity index (χ4n) is 2.93. The van der Waals surface area contributed by atoms with E-state index in [1.54, 1.807) is 0 Å². The molecule has 1 aliphatic heterocycles. The third-order valence-electron chi connectivity index (χ3n) is 4.04. The Kier molecular flexibility index (Phi) is 3.35. The molecule has 0 bridgehead atoms. The smallest absolute Gasteiger partial charge is 0.253 e. The summed E-state index contributed by atoms with van der Waals surface area (Å²) in [5.74, 6) is 0.162. The monoisotopic (exact) mass is 268 g/mol. The van der Waals surface area contributed by atoms with Crippen molar-refractivity contribution >= 4 is 5.91 Å². The summed E-state index contributed by atoms with van der Waals surface area (Å²) in [4.78, 5) is 14.2. The van der Waals surface area contributed by atoms with Gasteiger partial charge in [0.2, 0.25) is 0 Å². The summed E-state index contributed by atoms with van der Waals surface area (Å²) < 4.78 is 2.20. The van der Waals surface area contributed by atoms with Crippen molar-refractivity contribution in [2.75, 3.05) is 13.1 Å². The topological polar surface area (TPSA) is 25.2 Å². The second kappa shape index (κ2) is 5.16. The van der Waals surface area contributed by atoms with Crippen molar-refractivity contribution in [1.82, 2.24) is 9.47 Å². The van der Waals surface area contributed by atoms with Gasteiger partial charge in [-0.2, -0.15) is 0 Å². The maximum atomic E-state index is 12.3. The maximum absolute atomic E-state index is 12.3. The van der Waals surface area contributed by atoms with Gasteiger partial charge in [-0.25, -0.2) is 0 Å². The number of carbonyl (C=O) groups is 1. The Bertz CT molecular complexity index is 599. The van der Waals surface area contributed by atoms with Gasteiger partial charge in [-0.3, -0.25) is 4.79 Å². The molecule has 0 aliphatic carbocycles. The molecule has 0 unspecified atom stereocenters. The van der Waals surface area contributed by atoms with E-state index in [-0.39, 0.29) is 5.91 Å². The molecule has 0 saturated carbocycles. The second-order valence-electron chi connectivity index (χ2n) is 5.50. The quantitative estimate of drug-likeness (QED) is 0.820. The highest BCUT2D eigenvalue weighted by Gasteiger charge is 2.19. The predicted molar refractivity (Wildman–Crippen MR) is 80.4 cm³/mol. The fourth-order valence-corrected chi connectivity index (χ4v) is 2.93. The summed E-state index contributed by atoms with van der Waals surface area (Å²) in [6, 6.07) is 12.2. The van der Waals surface area contributed by atoms with Crippen molar-refractivity contribution in [3.63, 3.8) is 0 Å². The Hall–Kier alpha value is -2.03. The molecule has 1 saturated heterocycles. The zero-order valence-corrected chi connectivity index (χ0v) is 12.1. The summed E-state index contributed by atoms with van der Waals surface area (Å²) in [7, 11) is 0. The van der Waals surface area contributed by atoms with Gasteiger partial charge in [-0.15, -0.1) is 0 Å². The molecule has 2 aromatic rings. The number of likely N-dealkylation sites (tertiary alicyclic amines) is 1. The van der Waals surface area contributed by atoms with Crippen LogP contribution in [0.5, 0.6) is 0 Å². The Morgan fingerprint density at radius 2 is 1.45 bits per heavy atom. The van der Waals surface area contributed by atoms with Crippen LogP contribution in [-0.2, 0) is 0 Å². The highest BCUT2D eigenvalue weighted by atomic mass is 16.2. The summed E-state index contributed by atoms with van der Waals surface area (Å²) in [5, 5.41) is 0. The molecule has 3 nitrogen and oxygen atoms in total. The molecule has 0 radical (unpaired) electrons. The Morgan fingerprint density at radius 3 is 2.00 bits per heavy atom. The van der Waals surface area contributed by atoms with Gasteiger partial charge in [-0.05, 0) is 63.1 Å². The highest BCUT2D eigenvalue weighted by molar-refractivity contribution is 5.94. The van der Waals surface area contributed by atoms with Crippen molar-refractivity contribution in [1.29, 1.82) is 0 Å². The van der Waals surface area contributed by atoms with Crippen LogP contribution < -0.4 is 0 Å². The van der Waals surface area contributed by atoms with E-state index in [1.807, 2.05) is 29.2 Å². The summed E-state index contributed by atoms with van der Waals surface area (Å²) in [6.45, 7) is 5.99. The van der Waals surface area contributed by atoms with Crippen molar-refractivity contribution in [3.8, 4) is 5.69 Å². The molecule has 3 rings (SSSR count). The lowest BCUT2D eigenvalue weighted by Crippen LogP contribution is -2.27. The summed E-state index contributed by atoms with van der Waals surface area (Å²) in [5.41, 5.74) is 4.32. The van der Waals surface area contributed by atoms with Gasteiger partial charge in [0, 0.05) is 35.7 Å². The molecular weight excluding hydrogens is 248 g/mol. The molecule has 1 aliphatic rings. The number of benzene rings is 1. The van der Waals surface area contributed by atoms with Gasteiger partial charge in [0.15, 0.2) is 0 Å². The number of amides is 1. The van der Waals surface area contributed by atoms with Crippen molar-refractivity contribution < 1.29 is 4.79 Å². The molecule has 0 spiro atoms. The van der Waals surface area contributed by atoms with Crippen molar-refractivity contribution in [3.05, 3.63) is 53.3 Å². The van der Waals surface area contributed by atoms with E-state index in [4.69, 9.17) is 0 Å². The van der Waals surface area contributed by atoms with E-state index >= 15 is 0 Å². The van der Waals surface area contributed by atoms with Gasteiger partial charge in [0.25, 0.3) is 5.91 Å². The lowest BCUT2D eigenvalue weighted by Gasteiger charge is -2.16. The van der Waals surface area contributed by atoms with E-state index in [2.05, 4.69) is 30.5 Å². The largest absolute Gasteiger partial charge is 0.339 e. The molecule has 104 valence electrons. The SMILES string of the molecule is Cc1ccc(C)n1-c1ccc(C(=O)N2CCCC2)cc1. The molecule has 2 heterocycles. The standard InChI is InChI=1S/C17H20N2O/c1-13-5-6-14(2)19(13)16-9-7-15(8-10-16)17(20)18-11-3-4-12-18/h5-10H,3-4,11-12H2,1-2H3. The Labute approximate surface area is 119 Å². The van der Waals surface area contributed by atoms with Gasteiger partial charge < -0.3 is 9.47 Å². The number of aromatic nitrogens is 1. The third-order valence-corrected chi connectivity index (χ3v) is 4.04. The molecular formula is C17H20N2O. The first-order valence-electron chi connectivity index (χ1n) is 7.21. The molecule has 0 atom stereocenters. The van der Waals surface area contributed by atoms with Crippen LogP contribution >= 0.6 is 0 Å². The van der Waals surface area contributed by atoms with Gasteiger partial charge in [-0.1, -0.05) is 0 Å². The minimum atomic E-state index is 0.162. The molecule has 1 aromatic carbocycles. The number of hydrogen-bond donors (Lipinski definition) is 0. The normalized spacial score (nSPS) is 14.8. The van der Waals surface area contributed by atoms with Crippen LogP contribution in [0.4, 0.5) is 0 Å². The van der Waals surface area contributed by atoms with Crippen LogP contribution in [0.15, 0.2) is 36.4 Å². The van der Waals surface area contributed by atoms with Gasteiger partial charge >= 0.3 is 0 Å². The van der Waals surface area contributed by atoms with Crippen LogP contribution in [0.3, 0.4) is 0 Å². The van der Waals surface area contributed by atoms with E-state index in [1.165, 1.54) is 11.4 Å². The van der Waals surface area contributed by atoms with Crippen molar-refractivity contribution in [2.45, 2.75) is 26.7 Å². The number of hydrogen-bond acceptors (Lipinski definition) is 1. The van der Waals surface area contributed by atoms with Crippen LogP contribution in [-0.4, -0.2) is 28.5 Å². The zero-order valence-electron chi connectivity index (χ0n) is 12.1. The number of carbonyl (C=O) groups excluding carboxylic acids is 1. The number of nitrogens with zero attached hydrogens (tertiary/aromatic N) is 2. The molecule has 0 N–H and O–H groups in total. The molecule has 3 heteroatoms. The minimum Gasteiger partial charge on any atom is -0.339 e. The van der Waals surface area contributed by atoms with E-state index < -0.39 is 0 Å². The first-order chi connectivity index (χ1) is 9.66. The lowest BCUT2D eigenvalue weighted by molar-refractivity contribution is 0.0793. The summed E-state index contributed by atoms with van der Waals surface area (Å²) >= 11 is 0. The molecule has 1 fully saturated rings. The molecule has 20 heavy (non-hydrogen) atoms.